The molecule has 1 aliphatic heterocycles. The van der Waals surface area contributed by atoms with Crippen molar-refractivity contribution in [3.63, 3.8) is 0 Å². The summed E-state index contributed by atoms with van der Waals surface area (Å²) in [5.41, 5.74) is 0.969. The van der Waals surface area contributed by atoms with E-state index in [0.29, 0.717) is 11.3 Å². The van der Waals surface area contributed by atoms with Crippen molar-refractivity contribution in [3.8, 4) is 0 Å². The average Bonchev–Trinajstić information content (AvgIpc) is 3.33. The summed E-state index contributed by atoms with van der Waals surface area (Å²) in [6.45, 7) is 1.52. The van der Waals surface area contributed by atoms with Gasteiger partial charge in [-0.05, 0) is 49.2 Å². The zero-order chi connectivity index (χ0) is 17.6. The Morgan fingerprint density at radius 3 is 2.36 bits per heavy atom. The van der Waals surface area contributed by atoms with Crippen LogP contribution in [-0.4, -0.2) is 42.3 Å². The van der Waals surface area contributed by atoms with Crippen LogP contribution < -0.4 is 10.6 Å². The van der Waals surface area contributed by atoms with Crippen LogP contribution in [-0.2, 0) is 4.79 Å². The lowest BCUT2D eigenvalue weighted by molar-refractivity contribution is -0.129. The van der Waals surface area contributed by atoms with Gasteiger partial charge >= 0.3 is 0 Å². The van der Waals surface area contributed by atoms with E-state index in [1.165, 1.54) is 6.26 Å². The minimum absolute atomic E-state index is 0.00415. The topological polar surface area (TPSA) is 91.7 Å². The summed E-state index contributed by atoms with van der Waals surface area (Å²) < 4.78 is 5.01. The van der Waals surface area contributed by atoms with Crippen LogP contribution in [0.5, 0.6) is 0 Å². The van der Waals surface area contributed by atoms with Crippen LogP contribution in [0.3, 0.4) is 0 Å². The molecule has 7 nitrogen and oxygen atoms in total. The minimum atomic E-state index is -0.363. The van der Waals surface area contributed by atoms with Crippen molar-refractivity contribution in [1.29, 1.82) is 0 Å². The van der Waals surface area contributed by atoms with Gasteiger partial charge in [-0.3, -0.25) is 14.4 Å². The number of carbonyl (C=O) groups is 3. The standard InChI is InChI=1S/C18H19N3O4/c22-16(21-9-1-2-10-21)12-19-17(23)13-5-7-14(8-6-13)20-18(24)15-4-3-11-25-15/h3-8,11H,1-2,9-10,12H2,(H,19,23)(H,20,24). The van der Waals surface area contributed by atoms with Crippen molar-refractivity contribution < 1.29 is 18.8 Å². The highest BCUT2D eigenvalue weighted by molar-refractivity contribution is 6.02. The lowest BCUT2D eigenvalue weighted by atomic mass is 10.2. The first-order chi connectivity index (χ1) is 12.1. The molecule has 3 rings (SSSR count). The van der Waals surface area contributed by atoms with Crippen molar-refractivity contribution in [3.05, 3.63) is 54.0 Å². The highest BCUT2D eigenvalue weighted by Crippen LogP contribution is 2.12. The zero-order valence-corrected chi connectivity index (χ0v) is 13.7. The first-order valence-corrected chi connectivity index (χ1v) is 8.14. The molecule has 2 aromatic rings. The van der Waals surface area contributed by atoms with E-state index in [9.17, 15) is 14.4 Å². The molecule has 0 radical (unpaired) electrons. The molecule has 3 amide bonds. The summed E-state index contributed by atoms with van der Waals surface area (Å²) in [6, 6.07) is 9.62. The van der Waals surface area contributed by atoms with Crippen LogP contribution in [0.25, 0.3) is 0 Å². The summed E-state index contributed by atoms with van der Waals surface area (Å²) in [4.78, 5) is 37.7. The molecule has 1 aliphatic rings. The minimum Gasteiger partial charge on any atom is -0.459 e. The molecule has 0 bridgehead atoms. The van der Waals surface area contributed by atoms with Gasteiger partial charge in [-0.2, -0.15) is 0 Å². The monoisotopic (exact) mass is 341 g/mol. The molecule has 0 unspecified atom stereocenters. The smallest absolute Gasteiger partial charge is 0.291 e. The molecule has 130 valence electrons. The van der Waals surface area contributed by atoms with Gasteiger partial charge in [0.15, 0.2) is 5.76 Å². The molecule has 1 fully saturated rings. The van der Waals surface area contributed by atoms with Crippen molar-refractivity contribution >= 4 is 23.4 Å². The highest BCUT2D eigenvalue weighted by Gasteiger charge is 2.18. The molecule has 1 saturated heterocycles. The van der Waals surface area contributed by atoms with Gasteiger partial charge in [0, 0.05) is 24.3 Å². The van der Waals surface area contributed by atoms with Crippen LogP contribution >= 0.6 is 0 Å². The second kappa shape index (κ2) is 7.65. The van der Waals surface area contributed by atoms with Gasteiger partial charge in [0.05, 0.1) is 12.8 Å². The molecule has 0 spiro atoms. The number of furan rings is 1. The summed E-state index contributed by atoms with van der Waals surface area (Å²) in [5.74, 6) is -0.537. The quantitative estimate of drug-likeness (QED) is 0.869. The molecule has 25 heavy (non-hydrogen) atoms. The van der Waals surface area contributed by atoms with E-state index < -0.39 is 0 Å². The fraction of sp³-hybridized carbons (Fsp3) is 0.278. The number of anilines is 1. The second-order valence-corrected chi connectivity index (χ2v) is 5.78. The summed E-state index contributed by atoms with van der Waals surface area (Å²) in [6.07, 6.45) is 3.46. The average molecular weight is 341 g/mol. The Labute approximate surface area is 145 Å². The van der Waals surface area contributed by atoms with Gasteiger partial charge in [0.2, 0.25) is 5.91 Å². The van der Waals surface area contributed by atoms with Crippen molar-refractivity contribution in [2.45, 2.75) is 12.8 Å². The number of carbonyl (C=O) groups excluding carboxylic acids is 3. The molecule has 0 saturated carbocycles. The molecule has 2 N–H and O–H groups in total. The van der Waals surface area contributed by atoms with Crippen LogP contribution in [0.1, 0.15) is 33.8 Å². The number of nitrogens with zero attached hydrogens (tertiary/aromatic N) is 1. The number of nitrogens with one attached hydrogen (secondary N) is 2. The number of likely N-dealkylation sites (tertiary alicyclic amines) is 1. The maximum absolute atomic E-state index is 12.1. The first kappa shape index (κ1) is 16.8. The zero-order valence-electron chi connectivity index (χ0n) is 13.7. The summed E-state index contributed by atoms with van der Waals surface area (Å²) >= 11 is 0. The molecule has 1 aromatic heterocycles. The SMILES string of the molecule is O=C(NCC(=O)N1CCCC1)c1ccc(NC(=O)c2ccco2)cc1. The first-order valence-electron chi connectivity index (χ1n) is 8.14. The molecule has 0 atom stereocenters. The summed E-state index contributed by atoms with van der Waals surface area (Å²) in [5, 5.41) is 5.30. The Hall–Kier alpha value is -3.09. The number of benzene rings is 1. The number of rotatable bonds is 5. The van der Waals surface area contributed by atoms with Crippen LogP contribution in [0, 0.1) is 0 Å². The number of hydrogen-bond acceptors (Lipinski definition) is 4. The largest absolute Gasteiger partial charge is 0.459 e. The van der Waals surface area contributed by atoms with Gasteiger partial charge in [0.1, 0.15) is 0 Å². The van der Waals surface area contributed by atoms with E-state index in [1.54, 1.807) is 41.3 Å². The van der Waals surface area contributed by atoms with Crippen LogP contribution in [0.15, 0.2) is 47.1 Å². The Balaban J connectivity index is 1.51. The van der Waals surface area contributed by atoms with E-state index in [4.69, 9.17) is 4.42 Å². The molecule has 2 heterocycles. The van der Waals surface area contributed by atoms with Crippen molar-refractivity contribution in [1.82, 2.24) is 10.2 Å². The predicted molar refractivity (Wildman–Crippen MR) is 91.3 cm³/mol. The Morgan fingerprint density at radius 1 is 1.00 bits per heavy atom. The van der Waals surface area contributed by atoms with Crippen LogP contribution in [0.2, 0.25) is 0 Å². The van der Waals surface area contributed by atoms with Gasteiger partial charge in [0.25, 0.3) is 11.8 Å². The van der Waals surface area contributed by atoms with Gasteiger partial charge in [-0.25, -0.2) is 0 Å². The predicted octanol–water partition coefficient (Wildman–Crippen LogP) is 1.88. The van der Waals surface area contributed by atoms with E-state index in [-0.39, 0.29) is 30.0 Å². The van der Waals surface area contributed by atoms with E-state index in [1.807, 2.05) is 0 Å². The van der Waals surface area contributed by atoms with E-state index in [2.05, 4.69) is 10.6 Å². The van der Waals surface area contributed by atoms with Crippen molar-refractivity contribution in [2.24, 2.45) is 0 Å². The molecule has 1 aromatic carbocycles. The second-order valence-electron chi connectivity index (χ2n) is 5.78. The van der Waals surface area contributed by atoms with E-state index in [0.717, 1.165) is 25.9 Å². The normalized spacial score (nSPS) is 13.5. The van der Waals surface area contributed by atoms with E-state index >= 15 is 0 Å². The number of amides is 3. The molecular formula is C18H19N3O4. The lowest BCUT2D eigenvalue weighted by Crippen LogP contribution is -2.38. The van der Waals surface area contributed by atoms with Crippen LogP contribution in [0.4, 0.5) is 5.69 Å². The fourth-order valence-electron chi connectivity index (χ4n) is 2.64. The van der Waals surface area contributed by atoms with Gasteiger partial charge in [-0.15, -0.1) is 0 Å². The molecule has 0 aliphatic carbocycles. The maximum Gasteiger partial charge on any atom is 0.291 e. The Kier molecular flexibility index (Phi) is 5.13. The van der Waals surface area contributed by atoms with Gasteiger partial charge < -0.3 is 20.0 Å². The van der Waals surface area contributed by atoms with Gasteiger partial charge in [-0.1, -0.05) is 0 Å². The van der Waals surface area contributed by atoms with Crippen molar-refractivity contribution in [2.75, 3.05) is 25.0 Å². The molecule has 7 heteroatoms. The third kappa shape index (κ3) is 4.26. The molecular weight excluding hydrogens is 322 g/mol. The lowest BCUT2D eigenvalue weighted by Gasteiger charge is -2.15. The highest BCUT2D eigenvalue weighted by atomic mass is 16.3. The summed E-state index contributed by atoms with van der Waals surface area (Å²) in [7, 11) is 0. The third-order valence-electron chi connectivity index (χ3n) is 4.01. The Morgan fingerprint density at radius 2 is 1.72 bits per heavy atom. The Bertz CT molecular complexity index is 747. The third-order valence-corrected chi connectivity index (χ3v) is 4.01. The fourth-order valence-corrected chi connectivity index (χ4v) is 2.64. The number of hydrogen-bond donors (Lipinski definition) is 2. The maximum atomic E-state index is 12.1.